The summed E-state index contributed by atoms with van der Waals surface area (Å²) < 4.78 is 11.9. The zero-order chi connectivity index (χ0) is 17.5. The minimum atomic E-state index is -0.246. The molecule has 7 nitrogen and oxygen atoms in total. The van der Waals surface area contributed by atoms with Crippen molar-refractivity contribution in [1.29, 1.82) is 0 Å². The van der Waals surface area contributed by atoms with Gasteiger partial charge in [-0.2, -0.15) is 0 Å². The Morgan fingerprint density at radius 2 is 2.12 bits per heavy atom. The number of methoxy groups -OCH3 is 1. The second kappa shape index (κ2) is 8.14. The van der Waals surface area contributed by atoms with E-state index < -0.39 is 0 Å². The van der Waals surface area contributed by atoms with Crippen molar-refractivity contribution in [2.75, 3.05) is 20.3 Å². The van der Waals surface area contributed by atoms with Gasteiger partial charge in [0.2, 0.25) is 5.88 Å². The average molecular weight is 331 g/mol. The van der Waals surface area contributed by atoms with Crippen molar-refractivity contribution in [2.45, 2.75) is 20.4 Å². The van der Waals surface area contributed by atoms with Crippen molar-refractivity contribution in [3.05, 3.63) is 52.1 Å². The molecule has 0 aliphatic heterocycles. The molecule has 2 heterocycles. The summed E-state index contributed by atoms with van der Waals surface area (Å²) in [5.74, 6) is 0.762. The van der Waals surface area contributed by atoms with Gasteiger partial charge in [0, 0.05) is 37.1 Å². The summed E-state index contributed by atoms with van der Waals surface area (Å²) in [6.45, 7) is 4.92. The van der Waals surface area contributed by atoms with Gasteiger partial charge in [-0.05, 0) is 26.0 Å². The quantitative estimate of drug-likeness (QED) is 0.829. The molecule has 24 heavy (non-hydrogen) atoms. The van der Waals surface area contributed by atoms with Crippen LogP contribution >= 0.6 is 0 Å². The van der Waals surface area contributed by atoms with E-state index in [0.29, 0.717) is 36.9 Å². The highest BCUT2D eigenvalue weighted by molar-refractivity contribution is 5.93. The van der Waals surface area contributed by atoms with Gasteiger partial charge in [0.25, 0.3) is 11.5 Å². The molecule has 1 amide bonds. The Balaban J connectivity index is 1.94. The number of aryl methyl sites for hydroxylation is 1. The van der Waals surface area contributed by atoms with Gasteiger partial charge in [0.1, 0.15) is 5.75 Å². The van der Waals surface area contributed by atoms with E-state index in [4.69, 9.17) is 9.47 Å². The van der Waals surface area contributed by atoms with E-state index in [1.165, 1.54) is 19.4 Å². The first-order chi connectivity index (χ1) is 11.5. The molecule has 0 spiro atoms. The maximum Gasteiger partial charge on any atom is 0.254 e. The molecule has 0 saturated carbocycles. The van der Waals surface area contributed by atoms with Gasteiger partial charge >= 0.3 is 0 Å². The first-order valence-electron chi connectivity index (χ1n) is 7.67. The minimum Gasteiger partial charge on any atom is -0.496 e. The van der Waals surface area contributed by atoms with Crippen LogP contribution in [0.5, 0.6) is 11.6 Å². The van der Waals surface area contributed by atoms with Crippen molar-refractivity contribution >= 4 is 5.91 Å². The number of pyridine rings is 2. The molecule has 1 N–H and O–H groups in total. The van der Waals surface area contributed by atoms with Crippen LogP contribution in [0.2, 0.25) is 0 Å². The summed E-state index contributed by atoms with van der Waals surface area (Å²) in [6, 6.07) is 6.50. The van der Waals surface area contributed by atoms with Crippen LogP contribution in [0.3, 0.4) is 0 Å². The molecule has 0 saturated heterocycles. The molecule has 2 aromatic heterocycles. The van der Waals surface area contributed by atoms with E-state index in [1.54, 1.807) is 22.8 Å². The van der Waals surface area contributed by atoms with E-state index in [9.17, 15) is 9.59 Å². The van der Waals surface area contributed by atoms with Gasteiger partial charge in [-0.1, -0.05) is 0 Å². The standard InChI is InChI=1S/C17H21N3O4/c1-4-24-15-6-5-13(11-19-15)17(22)18-7-8-20-12(2)9-14(23-3)10-16(20)21/h5-6,9-11H,4,7-8H2,1-3H3,(H,18,22). The van der Waals surface area contributed by atoms with E-state index in [-0.39, 0.29) is 11.5 Å². The van der Waals surface area contributed by atoms with E-state index in [2.05, 4.69) is 10.3 Å². The number of amides is 1. The number of nitrogens with one attached hydrogen (secondary N) is 1. The van der Waals surface area contributed by atoms with Gasteiger partial charge in [-0.15, -0.1) is 0 Å². The summed E-state index contributed by atoms with van der Waals surface area (Å²) in [5, 5.41) is 2.77. The van der Waals surface area contributed by atoms with Crippen LogP contribution < -0.4 is 20.3 Å². The number of hydrogen-bond donors (Lipinski definition) is 1. The maximum absolute atomic E-state index is 12.1. The average Bonchev–Trinajstić information content (AvgIpc) is 2.57. The van der Waals surface area contributed by atoms with Crippen LogP contribution in [0.25, 0.3) is 0 Å². The molecule has 0 aromatic carbocycles. The van der Waals surface area contributed by atoms with Crippen molar-refractivity contribution in [3.63, 3.8) is 0 Å². The minimum absolute atomic E-state index is 0.163. The molecular formula is C17H21N3O4. The smallest absolute Gasteiger partial charge is 0.254 e. The number of rotatable bonds is 7. The lowest BCUT2D eigenvalue weighted by molar-refractivity contribution is 0.0951. The van der Waals surface area contributed by atoms with Crippen molar-refractivity contribution in [1.82, 2.24) is 14.9 Å². The number of ether oxygens (including phenoxy) is 2. The Hall–Kier alpha value is -2.83. The molecule has 0 radical (unpaired) electrons. The van der Waals surface area contributed by atoms with E-state index in [0.717, 1.165) is 5.69 Å². The van der Waals surface area contributed by atoms with Crippen LogP contribution in [0, 0.1) is 6.92 Å². The van der Waals surface area contributed by atoms with E-state index in [1.807, 2.05) is 13.8 Å². The third-order valence-electron chi connectivity index (χ3n) is 3.46. The number of hydrogen-bond acceptors (Lipinski definition) is 5. The second-order valence-electron chi connectivity index (χ2n) is 5.10. The lowest BCUT2D eigenvalue weighted by Crippen LogP contribution is -2.31. The summed E-state index contributed by atoms with van der Waals surface area (Å²) in [7, 11) is 1.52. The SMILES string of the molecule is CCOc1ccc(C(=O)NCCn2c(C)cc(OC)cc2=O)cn1. The summed E-state index contributed by atoms with van der Waals surface area (Å²) in [5.41, 5.74) is 1.05. The zero-order valence-electron chi connectivity index (χ0n) is 14.0. The molecule has 0 aliphatic carbocycles. The number of nitrogens with zero attached hydrogens (tertiary/aromatic N) is 2. The van der Waals surface area contributed by atoms with Crippen LogP contribution in [-0.4, -0.2) is 35.7 Å². The summed E-state index contributed by atoms with van der Waals surface area (Å²) in [4.78, 5) is 28.1. The molecule has 0 bridgehead atoms. The predicted molar refractivity (Wildman–Crippen MR) is 89.7 cm³/mol. The van der Waals surface area contributed by atoms with Crippen molar-refractivity contribution in [2.24, 2.45) is 0 Å². The summed E-state index contributed by atoms with van der Waals surface area (Å²) in [6.07, 6.45) is 1.46. The Morgan fingerprint density at radius 3 is 2.71 bits per heavy atom. The summed E-state index contributed by atoms with van der Waals surface area (Å²) >= 11 is 0. The Morgan fingerprint density at radius 1 is 1.33 bits per heavy atom. The Kier molecular flexibility index (Phi) is 5.95. The molecule has 2 aromatic rings. The topological polar surface area (TPSA) is 82.5 Å². The monoisotopic (exact) mass is 331 g/mol. The highest BCUT2D eigenvalue weighted by Crippen LogP contribution is 2.09. The third-order valence-corrected chi connectivity index (χ3v) is 3.46. The fourth-order valence-corrected chi connectivity index (χ4v) is 2.23. The van der Waals surface area contributed by atoms with Gasteiger partial charge in [0.15, 0.2) is 0 Å². The Bertz CT molecular complexity index is 753. The molecule has 7 heteroatoms. The van der Waals surface area contributed by atoms with Gasteiger partial charge < -0.3 is 19.4 Å². The normalized spacial score (nSPS) is 10.3. The fourth-order valence-electron chi connectivity index (χ4n) is 2.23. The number of carbonyl (C=O) groups excluding carboxylic acids is 1. The number of carbonyl (C=O) groups is 1. The van der Waals surface area contributed by atoms with Crippen LogP contribution in [0.1, 0.15) is 23.0 Å². The largest absolute Gasteiger partial charge is 0.496 e. The van der Waals surface area contributed by atoms with E-state index >= 15 is 0 Å². The highest BCUT2D eigenvalue weighted by atomic mass is 16.5. The van der Waals surface area contributed by atoms with Crippen LogP contribution in [0.15, 0.2) is 35.3 Å². The lowest BCUT2D eigenvalue weighted by Gasteiger charge is -2.12. The molecule has 0 fully saturated rings. The predicted octanol–water partition coefficient (Wildman–Crippen LogP) is 1.39. The van der Waals surface area contributed by atoms with Gasteiger partial charge in [0.05, 0.1) is 19.3 Å². The highest BCUT2D eigenvalue weighted by Gasteiger charge is 2.08. The van der Waals surface area contributed by atoms with Gasteiger partial charge in [-0.3, -0.25) is 9.59 Å². The molecule has 0 atom stereocenters. The zero-order valence-corrected chi connectivity index (χ0v) is 14.0. The lowest BCUT2D eigenvalue weighted by atomic mass is 10.2. The first kappa shape index (κ1) is 17.5. The van der Waals surface area contributed by atoms with Crippen LogP contribution in [0.4, 0.5) is 0 Å². The second-order valence-corrected chi connectivity index (χ2v) is 5.10. The number of aromatic nitrogens is 2. The maximum atomic E-state index is 12.1. The molecule has 128 valence electrons. The molecular weight excluding hydrogens is 310 g/mol. The molecule has 0 unspecified atom stereocenters. The first-order valence-corrected chi connectivity index (χ1v) is 7.67. The fraction of sp³-hybridized carbons (Fsp3) is 0.353. The van der Waals surface area contributed by atoms with Crippen molar-refractivity contribution in [3.8, 4) is 11.6 Å². The Labute approximate surface area is 140 Å². The van der Waals surface area contributed by atoms with Crippen molar-refractivity contribution < 1.29 is 14.3 Å². The third kappa shape index (κ3) is 4.34. The van der Waals surface area contributed by atoms with Crippen LogP contribution in [-0.2, 0) is 6.54 Å². The molecule has 2 rings (SSSR count). The van der Waals surface area contributed by atoms with Gasteiger partial charge in [-0.25, -0.2) is 4.98 Å². The molecule has 0 aliphatic rings.